The van der Waals surface area contributed by atoms with Crippen molar-refractivity contribution in [1.82, 2.24) is 4.90 Å². The van der Waals surface area contributed by atoms with Gasteiger partial charge in [0.25, 0.3) is 0 Å². The van der Waals surface area contributed by atoms with E-state index in [1.807, 2.05) is 17.5 Å². The monoisotopic (exact) mass is 267 g/mol. The first-order valence-electron chi connectivity index (χ1n) is 5.82. The Balaban J connectivity index is 2.06. The van der Waals surface area contributed by atoms with E-state index in [1.165, 1.54) is 11.3 Å². The Bertz CT molecular complexity index is 460. The number of hydrogen-bond acceptors (Lipinski definition) is 4. The zero-order valence-electron chi connectivity index (χ0n) is 10.3. The summed E-state index contributed by atoms with van der Waals surface area (Å²) < 4.78 is 0. The zero-order valence-corrected chi connectivity index (χ0v) is 11.1. The van der Waals surface area contributed by atoms with Crippen molar-refractivity contribution >= 4 is 23.2 Å². The van der Waals surface area contributed by atoms with Gasteiger partial charge >= 0.3 is 0 Å². The van der Waals surface area contributed by atoms with Gasteiger partial charge < -0.3 is 16.4 Å². The lowest BCUT2D eigenvalue weighted by atomic mass is 9.89. The van der Waals surface area contributed by atoms with E-state index in [2.05, 4.69) is 0 Å². The molecule has 6 heteroatoms. The van der Waals surface area contributed by atoms with Crippen molar-refractivity contribution < 1.29 is 9.59 Å². The number of hydrogen-bond donors (Lipinski definition) is 2. The van der Waals surface area contributed by atoms with Crippen molar-refractivity contribution in [3.8, 4) is 0 Å². The first kappa shape index (κ1) is 13.0. The summed E-state index contributed by atoms with van der Waals surface area (Å²) in [4.78, 5) is 26.0. The van der Waals surface area contributed by atoms with Crippen molar-refractivity contribution in [1.29, 1.82) is 0 Å². The average molecular weight is 267 g/mol. The minimum absolute atomic E-state index is 0.137. The van der Waals surface area contributed by atoms with Gasteiger partial charge in [0.2, 0.25) is 11.8 Å². The number of likely N-dealkylation sites (tertiary alicyclic amines) is 1. The largest absolute Gasteiger partial charge is 0.369 e. The second kappa shape index (κ2) is 4.70. The molecular weight excluding hydrogens is 250 g/mol. The standard InChI is InChI=1S/C12H17N3O2S/c1-12(11(14)17)4-5-15(7-12)10(16)9(13)8-3-2-6-18-8/h2-3,6,9H,4-5,7,13H2,1H3,(H2,14,17). The highest BCUT2D eigenvalue weighted by Gasteiger charge is 2.41. The SMILES string of the molecule is CC1(C(N)=O)CCN(C(=O)C(N)c2cccs2)C1. The summed E-state index contributed by atoms with van der Waals surface area (Å²) in [5, 5.41) is 1.89. The molecule has 0 spiro atoms. The van der Waals surface area contributed by atoms with Gasteiger partial charge in [0.1, 0.15) is 6.04 Å². The highest BCUT2D eigenvalue weighted by atomic mass is 32.1. The van der Waals surface area contributed by atoms with E-state index in [4.69, 9.17) is 11.5 Å². The number of carbonyl (C=O) groups is 2. The third kappa shape index (κ3) is 2.26. The molecule has 1 aromatic heterocycles. The van der Waals surface area contributed by atoms with Gasteiger partial charge in [-0.2, -0.15) is 0 Å². The minimum Gasteiger partial charge on any atom is -0.369 e. The minimum atomic E-state index is -0.639. The molecule has 0 aliphatic carbocycles. The fraction of sp³-hybridized carbons (Fsp3) is 0.500. The van der Waals surface area contributed by atoms with E-state index in [0.29, 0.717) is 19.5 Å². The van der Waals surface area contributed by atoms with Crippen molar-refractivity contribution in [2.45, 2.75) is 19.4 Å². The highest BCUT2D eigenvalue weighted by molar-refractivity contribution is 7.10. The summed E-state index contributed by atoms with van der Waals surface area (Å²) in [5.41, 5.74) is 10.7. The number of rotatable bonds is 3. The van der Waals surface area contributed by atoms with Crippen LogP contribution in [-0.4, -0.2) is 29.8 Å². The molecule has 0 bridgehead atoms. The van der Waals surface area contributed by atoms with Crippen LogP contribution in [0.4, 0.5) is 0 Å². The van der Waals surface area contributed by atoms with Gasteiger partial charge in [0.15, 0.2) is 0 Å². The molecule has 2 unspecified atom stereocenters. The summed E-state index contributed by atoms with van der Waals surface area (Å²) in [6, 6.07) is 3.07. The molecule has 18 heavy (non-hydrogen) atoms. The molecule has 98 valence electrons. The maximum atomic E-state index is 12.2. The van der Waals surface area contributed by atoms with Crippen LogP contribution in [0.1, 0.15) is 24.3 Å². The topological polar surface area (TPSA) is 89.4 Å². The van der Waals surface area contributed by atoms with Crippen molar-refractivity contribution in [3.63, 3.8) is 0 Å². The third-order valence-electron chi connectivity index (χ3n) is 3.50. The van der Waals surface area contributed by atoms with E-state index >= 15 is 0 Å². The molecule has 1 fully saturated rings. The molecule has 2 heterocycles. The summed E-state index contributed by atoms with van der Waals surface area (Å²) in [6.07, 6.45) is 0.602. The van der Waals surface area contributed by atoms with E-state index < -0.39 is 11.5 Å². The molecule has 5 nitrogen and oxygen atoms in total. The van der Waals surface area contributed by atoms with Crippen LogP contribution >= 0.6 is 11.3 Å². The van der Waals surface area contributed by atoms with Crippen LogP contribution in [0, 0.1) is 5.41 Å². The first-order chi connectivity index (χ1) is 8.44. The van der Waals surface area contributed by atoms with E-state index in [-0.39, 0.29) is 11.8 Å². The molecule has 2 rings (SSSR count). The molecule has 1 saturated heterocycles. The van der Waals surface area contributed by atoms with Crippen LogP contribution in [0.2, 0.25) is 0 Å². The normalized spacial score (nSPS) is 25.1. The lowest BCUT2D eigenvalue weighted by Gasteiger charge is -2.23. The molecule has 4 N–H and O–H groups in total. The fourth-order valence-electron chi connectivity index (χ4n) is 2.14. The summed E-state index contributed by atoms with van der Waals surface area (Å²) in [7, 11) is 0. The number of primary amides is 1. The zero-order chi connectivity index (χ0) is 13.3. The van der Waals surface area contributed by atoms with Crippen LogP contribution in [-0.2, 0) is 9.59 Å². The predicted octanol–water partition coefficient (Wildman–Crippen LogP) is 0.472. The number of nitrogens with two attached hydrogens (primary N) is 2. The number of amides is 2. The van der Waals surface area contributed by atoms with Gasteiger partial charge in [-0.3, -0.25) is 9.59 Å². The third-order valence-corrected chi connectivity index (χ3v) is 4.45. The summed E-state index contributed by atoms with van der Waals surface area (Å²) in [5.74, 6) is -0.495. The predicted molar refractivity (Wildman–Crippen MR) is 69.7 cm³/mol. The Kier molecular flexibility index (Phi) is 3.41. The van der Waals surface area contributed by atoms with Gasteiger partial charge in [-0.05, 0) is 24.8 Å². The number of nitrogens with zero attached hydrogens (tertiary/aromatic N) is 1. The van der Waals surface area contributed by atoms with Crippen molar-refractivity contribution in [3.05, 3.63) is 22.4 Å². The van der Waals surface area contributed by atoms with E-state index in [1.54, 1.807) is 11.8 Å². The Morgan fingerprint density at radius 2 is 2.28 bits per heavy atom. The molecule has 1 aliphatic heterocycles. The smallest absolute Gasteiger partial charge is 0.244 e. The number of carbonyl (C=O) groups excluding carboxylic acids is 2. The number of thiophene rings is 1. The van der Waals surface area contributed by atoms with Gasteiger partial charge in [-0.15, -0.1) is 11.3 Å². The van der Waals surface area contributed by atoms with Gasteiger partial charge in [-0.1, -0.05) is 6.07 Å². The lowest BCUT2D eigenvalue weighted by Crippen LogP contribution is -2.41. The highest BCUT2D eigenvalue weighted by Crippen LogP contribution is 2.31. The molecule has 0 radical (unpaired) electrons. The molecule has 0 aromatic carbocycles. The molecule has 2 atom stereocenters. The van der Waals surface area contributed by atoms with Crippen LogP contribution in [0.5, 0.6) is 0 Å². The average Bonchev–Trinajstić information content (AvgIpc) is 2.96. The second-order valence-corrected chi connectivity index (χ2v) is 5.91. The van der Waals surface area contributed by atoms with Crippen molar-refractivity contribution in [2.75, 3.05) is 13.1 Å². The fourth-order valence-corrected chi connectivity index (χ4v) is 2.86. The Morgan fingerprint density at radius 3 is 2.78 bits per heavy atom. The Hall–Kier alpha value is -1.40. The van der Waals surface area contributed by atoms with Gasteiger partial charge in [0, 0.05) is 18.0 Å². The maximum absolute atomic E-state index is 12.2. The summed E-state index contributed by atoms with van der Waals surface area (Å²) >= 11 is 1.46. The van der Waals surface area contributed by atoms with Crippen LogP contribution < -0.4 is 11.5 Å². The van der Waals surface area contributed by atoms with Crippen molar-refractivity contribution in [2.24, 2.45) is 16.9 Å². The Labute approximate surface area is 110 Å². The van der Waals surface area contributed by atoms with E-state index in [9.17, 15) is 9.59 Å². The van der Waals surface area contributed by atoms with Crippen LogP contribution in [0.15, 0.2) is 17.5 Å². The first-order valence-corrected chi connectivity index (χ1v) is 6.70. The maximum Gasteiger partial charge on any atom is 0.244 e. The quantitative estimate of drug-likeness (QED) is 0.834. The molecule has 0 saturated carbocycles. The lowest BCUT2D eigenvalue weighted by molar-refractivity contribution is -0.132. The van der Waals surface area contributed by atoms with Gasteiger partial charge in [0.05, 0.1) is 5.41 Å². The van der Waals surface area contributed by atoms with E-state index in [0.717, 1.165) is 4.88 Å². The molecule has 1 aliphatic rings. The Morgan fingerprint density at radius 1 is 1.56 bits per heavy atom. The van der Waals surface area contributed by atoms with Crippen LogP contribution in [0.3, 0.4) is 0 Å². The summed E-state index contributed by atoms with van der Waals surface area (Å²) in [6.45, 7) is 2.69. The van der Waals surface area contributed by atoms with Crippen LogP contribution in [0.25, 0.3) is 0 Å². The van der Waals surface area contributed by atoms with Gasteiger partial charge in [-0.25, -0.2) is 0 Å². The molecule has 2 amide bonds. The second-order valence-electron chi connectivity index (χ2n) is 4.93. The molecule has 1 aromatic rings. The molecular formula is C12H17N3O2S.